The number of amides is 1. The molecule has 0 heterocycles. The lowest BCUT2D eigenvalue weighted by atomic mass is 10.2. The molecule has 0 atom stereocenters. The lowest BCUT2D eigenvalue weighted by Gasteiger charge is -2.14. The molecule has 0 saturated heterocycles. The molecule has 0 spiro atoms. The summed E-state index contributed by atoms with van der Waals surface area (Å²) in [7, 11) is 1.57. The molecule has 0 aliphatic rings. The summed E-state index contributed by atoms with van der Waals surface area (Å²) in [6, 6.07) is 16.2. The van der Waals surface area contributed by atoms with Gasteiger partial charge in [-0.3, -0.25) is 4.79 Å². The van der Waals surface area contributed by atoms with Crippen LogP contribution in [0.5, 0.6) is 23.0 Å². The normalized spacial score (nSPS) is 10.8. The van der Waals surface area contributed by atoms with Gasteiger partial charge >= 0.3 is 0 Å². The summed E-state index contributed by atoms with van der Waals surface area (Å²) in [5.41, 5.74) is 4.56. The molecule has 0 aliphatic carbocycles. The molecule has 0 saturated carbocycles. The number of halogens is 2. The average molecular weight is 609 g/mol. The summed E-state index contributed by atoms with van der Waals surface area (Å²) in [5, 5.41) is 4.73. The number of hydrogen-bond donors (Lipinski definition) is 1. The van der Waals surface area contributed by atoms with E-state index in [9.17, 15) is 4.79 Å². The van der Waals surface area contributed by atoms with Crippen molar-refractivity contribution in [1.82, 2.24) is 5.43 Å². The third-order valence-electron chi connectivity index (χ3n) is 4.77. The first-order valence-electron chi connectivity index (χ1n) is 10.9. The maximum atomic E-state index is 12.6. The van der Waals surface area contributed by atoms with Gasteiger partial charge in [0.2, 0.25) is 0 Å². The molecule has 0 radical (unpaired) electrons. The molecular weight excluding hydrogens is 583 g/mol. The summed E-state index contributed by atoms with van der Waals surface area (Å²) in [6.07, 6.45) is 1.54. The molecule has 184 valence electrons. The minimum absolute atomic E-state index is 0.307. The molecule has 3 rings (SSSR count). The summed E-state index contributed by atoms with van der Waals surface area (Å²) in [4.78, 5) is 12.6. The predicted molar refractivity (Wildman–Crippen MR) is 145 cm³/mol. The van der Waals surface area contributed by atoms with Crippen LogP contribution in [-0.2, 0) is 6.61 Å². The van der Waals surface area contributed by atoms with E-state index in [0.717, 1.165) is 14.7 Å². The second kappa shape index (κ2) is 13.2. The van der Waals surface area contributed by atoms with Crippen LogP contribution in [0, 0.1) is 3.57 Å². The van der Waals surface area contributed by atoms with Gasteiger partial charge in [0.15, 0.2) is 23.0 Å². The van der Waals surface area contributed by atoms with Gasteiger partial charge in [0.1, 0.15) is 6.61 Å². The largest absolute Gasteiger partial charge is 0.493 e. The Labute approximate surface area is 223 Å². The van der Waals surface area contributed by atoms with Crippen molar-refractivity contribution < 1.29 is 23.7 Å². The first-order valence-corrected chi connectivity index (χ1v) is 12.4. The Hall–Kier alpha value is -2.98. The van der Waals surface area contributed by atoms with Crippen LogP contribution in [0.1, 0.15) is 35.3 Å². The van der Waals surface area contributed by atoms with Crippen LogP contribution in [0.25, 0.3) is 0 Å². The number of carbonyl (C=O) groups is 1. The number of nitrogens with zero attached hydrogens (tertiary/aromatic N) is 1. The lowest BCUT2D eigenvalue weighted by Crippen LogP contribution is -2.17. The Morgan fingerprint density at radius 2 is 1.74 bits per heavy atom. The Bertz CT molecular complexity index is 1200. The molecule has 0 bridgehead atoms. The van der Waals surface area contributed by atoms with E-state index in [1.807, 2.05) is 44.2 Å². The summed E-state index contributed by atoms with van der Waals surface area (Å²) in [6.45, 7) is 5.03. The van der Waals surface area contributed by atoms with Gasteiger partial charge in [-0.1, -0.05) is 29.8 Å². The van der Waals surface area contributed by atoms with E-state index in [1.54, 1.807) is 37.6 Å². The number of rotatable bonds is 11. The molecule has 9 heteroatoms. The van der Waals surface area contributed by atoms with E-state index in [4.69, 9.17) is 30.5 Å². The van der Waals surface area contributed by atoms with Gasteiger partial charge in [-0.15, -0.1) is 0 Å². The third kappa shape index (κ3) is 7.25. The molecule has 0 unspecified atom stereocenters. The molecule has 1 N–H and O–H groups in total. The number of carbonyl (C=O) groups excluding carboxylic acids is 1. The summed E-state index contributed by atoms with van der Waals surface area (Å²) in [5.74, 6) is 1.88. The number of hydrazone groups is 1. The summed E-state index contributed by atoms with van der Waals surface area (Å²) >= 11 is 8.39. The van der Waals surface area contributed by atoms with Gasteiger partial charge in [-0.2, -0.15) is 5.10 Å². The van der Waals surface area contributed by atoms with Gasteiger partial charge in [-0.05, 0) is 78.4 Å². The van der Waals surface area contributed by atoms with Crippen molar-refractivity contribution in [2.45, 2.75) is 20.5 Å². The van der Waals surface area contributed by atoms with Crippen LogP contribution in [0.4, 0.5) is 0 Å². The van der Waals surface area contributed by atoms with Gasteiger partial charge in [-0.25, -0.2) is 5.43 Å². The Kier molecular flexibility index (Phi) is 10.0. The quantitative estimate of drug-likeness (QED) is 0.162. The number of benzene rings is 3. The molecule has 0 aliphatic heterocycles. The van der Waals surface area contributed by atoms with Crippen molar-refractivity contribution in [2.75, 3.05) is 20.3 Å². The number of hydrogen-bond acceptors (Lipinski definition) is 6. The van der Waals surface area contributed by atoms with Crippen LogP contribution in [0.3, 0.4) is 0 Å². The van der Waals surface area contributed by atoms with Crippen LogP contribution in [-0.4, -0.2) is 32.4 Å². The van der Waals surface area contributed by atoms with E-state index >= 15 is 0 Å². The molecule has 0 aromatic heterocycles. The van der Waals surface area contributed by atoms with E-state index in [2.05, 4.69) is 33.1 Å². The maximum absolute atomic E-state index is 12.6. The number of methoxy groups -OCH3 is 1. The van der Waals surface area contributed by atoms with Gasteiger partial charge in [0, 0.05) is 16.1 Å². The van der Waals surface area contributed by atoms with Crippen LogP contribution in [0.2, 0.25) is 5.02 Å². The minimum atomic E-state index is -0.369. The van der Waals surface area contributed by atoms with E-state index in [0.29, 0.717) is 53.4 Å². The topological polar surface area (TPSA) is 78.4 Å². The van der Waals surface area contributed by atoms with E-state index in [-0.39, 0.29) is 5.91 Å². The fourth-order valence-corrected chi connectivity index (χ4v) is 4.11. The van der Waals surface area contributed by atoms with Crippen LogP contribution < -0.4 is 24.4 Å². The highest BCUT2D eigenvalue weighted by Crippen LogP contribution is 2.34. The van der Waals surface area contributed by atoms with Crippen molar-refractivity contribution in [3.8, 4) is 23.0 Å². The number of ether oxygens (including phenoxy) is 4. The van der Waals surface area contributed by atoms with Gasteiger partial charge in [0.25, 0.3) is 5.91 Å². The van der Waals surface area contributed by atoms with Crippen molar-refractivity contribution in [2.24, 2.45) is 5.10 Å². The Balaban J connectivity index is 1.70. The zero-order valence-corrected chi connectivity index (χ0v) is 22.6. The van der Waals surface area contributed by atoms with Crippen molar-refractivity contribution >= 4 is 46.3 Å². The van der Waals surface area contributed by atoms with Gasteiger partial charge < -0.3 is 18.9 Å². The molecule has 0 fully saturated rings. The second-order valence-electron chi connectivity index (χ2n) is 7.14. The van der Waals surface area contributed by atoms with E-state index in [1.165, 1.54) is 0 Å². The number of nitrogens with one attached hydrogen (secondary N) is 1. The summed E-state index contributed by atoms with van der Waals surface area (Å²) < 4.78 is 23.4. The zero-order chi connectivity index (χ0) is 25.2. The highest BCUT2D eigenvalue weighted by Gasteiger charge is 2.13. The van der Waals surface area contributed by atoms with Crippen LogP contribution >= 0.6 is 34.2 Å². The van der Waals surface area contributed by atoms with Crippen molar-refractivity contribution in [3.05, 3.63) is 79.9 Å². The highest BCUT2D eigenvalue weighted by molar-refractivity contribution is 14.1. The fraction of sp³-hybridized carbons (Fsp3) is 0.231. The van der Waals surface area contributed by atoms with Crippen LogP contribution in [0.15, 0.2) is 59.7 Å². The molecule has 35 heavy (non-hydrogen) atoms. The SMILES string of the molecule is CCOc1ccc(C(=O)N/N=C/c2cc(I)c(OCc3ccccc3Cl)c(OC)c2)cc1OCC. The zero-order valence-electron chi connectivity index (χ0n) is 19.6. The van der Waals surface area contributed by atoms with Crippen molar-refractivity contribution in [3.63, 3.8) is 0 Å². The maximum Gasteiger partial charge on any atom is 0.271 e. The minimum Gasteiger partial charge on any atom is -0.493 e. The first kappa shape index (κ1) is 26.6. The lowest BCUT2D eigenvalue weighted by molar-refractivity contribution is 0.0954. The standard InChI is InChI=1S/C26H26ClIN2O5/c1-4-33-22-11-10-18(14-23(22)34-5-2)26(31)30-29-15-17-12-21(28)25(24(13-17)32-3)35-16-19-8-6-7-9-20(19)27/h6-15H,4-5,16H2,1-3H3,(H,30,31)/b29-15+. The highest BCUT2D eigenvalue weighted by atomic mass is 127. The average Bonchev–Trinajstić information content (AvgIpc) is 2.85. The first-order chi connectivity index (χ1) is 17.0. The molecule has 3 aromatic carbocycles. The Morgan fingerprint density at radius 1 is 1.00 bits per heavy atom. The molecule has 3 aromatic rings. The van der Waals surface area contributed by atoms with E-state index < -0.39 is 0 Å². The molecular formula is C26H26ClIN2O5. The Morgan fingerprint density at radius 3 is 2.46 bits per heavy atom. The third-order valence-corrected chi connectivity index (χ3v) is 5.94. The molecule has 1 amide bonds. The monoisotopic (exact) mass is 608 g/mol. The fourth-order valence-electron chi connectivity index (χ4n) is 3.14. The smallest absolute Gasteiger partial charge is 0.271 e. The molecule has 7 nitrogen and oxygen atoms in total. The van der Waals surface area contributed by atoms with Gasteiger partial charge in [0.05, 0.1) is 30.1 Å². The predicted octanol–water partition coefficient (Wildman–Crippen LogP) is 6.09. The second-order valence-corrected chi connectivity index (χ2v) is 8.71. The van der Waals surface area contributed by atoms with Crippen molar-refractivity contribution in [1.29, 1.82) is 0 Å².